The molecule has 1 aromatic carbocycles. The summed E-state index contributed by atoms with van der Waals surface area (Å²) in [6, 6.07) is 9.26. The summed E-state index contributed by atoms with van der Waals surface area (Å²) in [6.07, 6.45) is 1.76. The quantitative estimate of drug-likeness (QED) is 0.736. The van der Waals surface area contributed by atoms with Crippen LogP contribution >= 0.6 is 0 Å². The van der Waals surface area contributed by atoms with Gasteiger partial charge in [-0.1, -0.05) is 12.1 Å². The van der Waals surface area contributed by atoms with E-state index in [-0.39, 0.29) is 43.6 Å². The van der Waals surface area contributed by atoms with E-state index in [1.807, 2.05) is 0 Å². The Kier molecular flexibility index (Phi) is 5.91. The maximum Gasteiger partial charge on any atom is 0.307 e. The van der Waals surface area contributed by atoms with Crippen LogP contribution in [0.5, 0.6) is 0 Å². The minimum Gasteiger partial charge on any atom is -0.469 e. The van der Waals surface area contributed by atoms with Gasteiger partial charge in [-0.15, -0.1) is 0 Å². The fourth-order valence-corrected chi connectivity index (χ4v) is 2.10. The molecule has 0 fully saturated rings. The molecule has 0 N–H and O–H groups in total. The first-order chi connectivity index (χ1) is 11.1. The number of hydrogen-bond donors (Lipinski definition) is 0. The van der Waals surface area contributed by atoms with E-state index in [9.17, 15) is 14.0 Å². The van der Waals surface area contributed by atoms with Crippen LogP contribution in [0.3, 0.4) is 0 Å². The summed E-state index contributed by atoms with van der Waals surface area (Å²) < 4.78 is 22.8. The summed E-state index contributed by atoms with van der Waals surface area (Å²) in [5.74, 6) is -0.275. The molecule has 0 saturated heterocycles. The van der Waals surface area contributed by atoms with Crippen LogP contribution in [0.25, 0.3) is 0 Å². The van der Waals surface area contributed by atoms with E-state index >= 15 is 0 Å². The molecular formula is C17H18FNO4. The summed E-state index contributed by atoms with van der Waals surface area (Å²) in [5, 5.41) is 0. The lowest BCUT2D eigenvalue weighted by Crippen LogP contribution is -2.33. The van der Waals surface area contributed by atoms with Gasteiger partial charge in [0.2, 0.25) is 5.91 Å². The number of methoxy groups -OCH3 is 1. The molecule has 0 radical (unpaired) electrons. The number of carbonyl (C=O) groups is 2. The molecule has 0 spiro atoms. The third-order valence-electron chi connectivity index (χ3n) is 3.36. The monoisotopic (exact) mass is 319 g/mol. The van der Waals surface area contributed by atoms with Crippen molar-refractivity contribution in [2.75, 3.05) is 13.7 Å². The van der Waals surface area contributed by atoms with Crippen LogP contribution in [0, 0.1) is 5.82 Å². The summed E-state index contributed by atoms with van der Waals surface area (Å²) in [7, 11) is 1.31. The number of ether oxygens (including phenoxy) is 1. The summed E-state index contributed by atoms with van der Waals surface area (Å²) in [6.45, 7) is 0.497. The zero-order valence-electron chi connectivity index (χ0n) is 12.8. The number of halogens is 1. The second-order valence-electron chi connectivity index (χ2n) is 5.02. The molecule has 0 saturated carbocycles. The Balaban J connectivity index is 2.03. The first-order valence-corrected chi connectivity index (χ1v) is 7.20. The molecule has 0 bridgehead atoms. The molecule has 0 aliphatic carbocycles. The highest BCUT2D eigenvalue weighted by atomic mass is 19.1. The van der Waals surface area contributed by atoms with Crippen LogP contribution < -0.4 is 0 Å². The van der Waals surface area contributed by atoms with E-state index < -0.39 is 0 Å². The topological polar surface area (TPSA) is 59.8 Å². The van der Waals surface area contributed by atoms with Gasteiger partial charge in [-0.2, -0.15) is 0 Å². The number of hydrogen-bond acceptors (Lipinski definition) is 4. The molecule has 1 amide bonds. The normalized spacial score (nSPS) is 10.3. The third kappa shape index (κ3) is 5.25. The molecule has 122 valence electrons. The van der Waals surface area contributed by atoms with Crippen LogP contribution in [0.4, 0.5) is 4.39 Å². The lowest BCUT2D eigenvalue weighted by molar-refractivity contribution is -0.141. The Bertz CT molecular complexity index is 637. The zero-order chi connectivity index (χ0) is 16.7. The summed E-state index contributed by atoms with van der Waals surface area (Å²) >= 11 is 0. The average molecular weight is 319 g/mol. The fraction of sp³-hybridized carbons (Fsp3) is 0.294. The molecule has 23 heavy (non-hydrogen) atoms. The number of rotatable bonds is 7. The van der Waals surface area contributed by atoms with Gasteiger partial charge in [0, 0.05) is 6.54 Å². The molecule has 0 aliphatic rings. The highest BCUT2D eigenvalue weighted by Crippen LogP contribution is 2.10. The number of amides is 1. The Labute approximate surface area is 133 Å². The van der Waals surface area contributed by atoms with Crippen molar-refractivity contribution in [3.8, 4) is 0 Å². The van der Waals surface area contributed by atoms with Crippen LogP contribution in [0.1, 0.15) is 17.7 Å². The second kappa shape index (κ2) is 8.12. The minimum absolute atomic E-state index is 0.104. The maximum absolute atomic E-state index is 12.9. The van der Waals surface area contributed by atoms with E-state index in [1.54, 1.807) is 24.3 Å². The van der Waals surface area contributed by atoms with Crippen LogP contribution in [-0.2, 0) is 27.3 Å². The van der Waals surface area contributed by atoms with Crippen molar-refractivity contribution >= 4 is 11.9 Å². The van der Waals surface area contributed by atoms with Crippen molar-refractivity contribution in [1.82, 2.24) is 4.90 Å². The SMILES string of the molecule is COC(=O)CCN(Cc1ccco1)C(=O)Cc1ccc(F)cc1. The Hall–Kier alpha value is -2.63. The number of esters is 1. The van der Waals surface area contributed by atoms with Crippen molar-refractivity contribution in [3.63, 3.8) is 0 Å². The summed E-state index contributed by atoms with van der Waals surface area (Å²) in [4.78, 5) is 25.3. The van der Waals surface area contributed by atoms with Gasteiger partial charge < -0.3 is 14.1 Å². The number of carbonyl (C=O) groups excluding carboxylic acids is 2. The van der Waals surface area contributed by atoms with Gasteiger partial charge in [0.25, 0.3) is 0 Å². The molecular weight excluding hydrogens is 301 g/mol. The number of furan rings is 1. The first kappa shape index (κ1) is 16.7. The number of nitrogens with zero attached hydrogens (tertiary/aromatic N) is 1. The van der Waals surface area contributed by atoms with Gasteiger partial charge in [0.1, 0.15) is 11.6 Å². The van der Waals surface area contributed by atoms with E-state index in [4.69, 9.17) is 4.42 Å². The van der Waals surface area contributed by atoms with E-state index in [1.165, 1.54) is 30.4 Å². The van der Waals surface area contributed by atoms with Crippen molar-refractivity contribution < 1.29 is 23.1 Å². The Morgan fingerprint density at radius 3 is 2.57 bits per heavy atom. The minimum atomic E-state index is -0.385. The highest BCUT2D eigenvalue weighted by molar-refractivity contribution is 5.79. The van der Waals surface area contributed by atoms with Crippen LogP contribution in [0.2, 0.25) is 0 Å². The smallest absolute Gasteiger partial charge is 0.307 e. The zero-order valence-corrected chi connectivity index (χ0v) is 12.8. The van der Waals surface area contributed by atoms with Crippen molar-refractivity contribution in [3.05, 3.63) is 59.8 Å². The third-order valence-corrected chi connectivity index (χ3v) is 3.36. The molecule has 2 rings (SSSR count). The molecule has 0 aliphatic heterocycles. The predicted octanol–water partition coefficient (Wildman–Crippen LogP) is 2.55. The Morgan fingerprint density at radius 2 is 1.96 bits per heavy atom. The average Bonchev–Trinajstić information content (AvgIpc) is 3.06. The predicted molar refractivity (Wildman–Crippen MR) is 80.9 cm³/mol. The van der Waals surface area contributed by atoms with Crippen LogP contribution in [0.15, 0.2) is 47.1 Å². The number of benzene rings is 1. The van der Waals surface area contributed by atoms with E-state index in [0.29, 0.717) is 11.3 Å². The van der Waals surface area contributed by atoms with Gasteiger partial charge >= 0.3 is 5.97 Å². The highest BCUT2D eigenvalue weighted by Gasteiger charge is 2.17. The van der Waals surface area contributed by atoms with Crippen molar-refractivity contribution in [2.45, 2.75) is 19.4 Å². The molecule has 0 atom stereocenters. The van der Waals surface area contributed by atoms with Gasteiger partial charge in [-0.3, -0.25) is 9.59 Å². The van der Waals surface area contributed by atoms with E-state index in [0.717, 1.165) is 0 Å². The van der Waals surface area contributed by atoms with Gasteiger partial charge in [0.15, 0.2) is 0 Å². The van der Waals surface area contributed by atoms with Gasteiger partial charge in [0.05, 0.1) is 32.8 Å². The first-order valence-electron chi connectivity index (χ1n) is 7.20. The largest absolute Gasteiger partial charge is 0.469 e. The second-order valence-corrected chi connectivity index (χ2v) is 5.02. The lowest BCUT2D eigenvalue weighted by atomic mass is 10.1. The maximum atomic E-state index is 12.9. The molecule has 2 aromatic rings. The fourth-order valence-electron chi connectivity index (χ4n) is 2.10. The summed E-state index contributed by atoms with van der Waals surface area (Å²) in [5.41, 5.74) is 0.707. The standard InChI is InChI=1S/C17H18FNO4/c1-22-17(21)8-9-19(12-15-3-2-10-23-15)16(20)11-13-4-6-14(18)7-5-13/h2-7,10H,8-9,11-12H2,1H3. The van der Waals surface area contributed by atoms with E-state index in [2.05, 4.69) is 4.74 Å². The molecule has 1 heterocycles. The molecule has 6 heteroatoms. The van der Waals surface area contributed by atoms with Crippen LogP contribution in [-0.4, -0.2) is 30.4 Å². The van der Waals surface area contributed by atoms with Gasteiger partial charge in [-0.05, 0) is 29.8 Å². The van der Waals surface area contributed by atoms with Gasteiger partial charge in [-0.25, -0.2) is 4.39 Å². The molecule has 0 unspecified atom stereocenters. The molecule has 5 nitrogen and oxygen atoms in total. The van der Waals surface area contributed by atoms with Crippen molar-refractivity contribution in [2.24, 2.45) is 0 Å². The Morgan fingerprint density at radius 1 is 1.22 bits per heavy atom. The lowest BCUT2D eigenvalue weighted by Gasteiger charge is -2.21. The molecule has 1 aromatic heterocycles. The van der Waals surface area contributed by atoms with Crippen molar-refractivity contribution in [1.29, 1.82) is 0 Å².